The highest BCUT2D eigenvalue weighted by Crippen LogP contribution is 2.18. The second kappa shape index (κ2) is 3.52. The molecule has 4 heteroatoms. The van der Waals surface area contributed by atoms with E-state index >= 15 is 0 Å². The summed E-state index contributed by atoms with van der Waals surface area (Å²) < 4.78 is 5.49. The topological polar surface area (TPSA) is 37.9 Å². The van der Waals surface area contributed by atoms with E-state index in [1.165, 1.54) is 0 Å². The molecule has 0 fully saturated rings. The van der Waals surface area contributed by atoms with Crippen LogP contribution in [-0.4, -0.2) is 24.7 Å². The van der Waals surface area contributed by atoms with Gasteiger partial charge < -0.3 is 4.74 Å². The van der Waals surface area contributed by atoms with Crippen molar-refractivity contribution in [3.8, 4) is 5.75 Å². The molecule has 0 aliphatic rings. The van der Waals surface area contributed by atoms with Crippen LogP contribution in [0.15, 0.2) is 24.4 Å². The zero-order valence-corrected chi connectivity index (χ0v) is 7.58. The maximum atomic E-state index is 5.49. The van der Waals surface area contributed by atoms with Crippen LogP contribution < -0.4 is 4.74 Å². The number of rotatable bonds is 3. The number of hydrogen-bond donors (Lipinski definition) is 1. The molecule has 0 spiro atoms. The van der Waals surface area contributed by atoms with Gasteiger partial charge in [0, 0.05) is 5.39 Å². The Hall–Kier alpha value is -1.45. The molecule has 0 atom stereocenters. The van der Waals surface area contributed by atoms with E-state index in [2.05, 4.69) is 18.0 Å². The normalized spacial score (nSPS) is 10.5. The predicted molar refractivity (Wildman–Crippen MR) is 54.9 cm³/mol. The summed E-state index contributed by atoms with van der Waals surface area (Å²) in [5, 5.41) is 7.93. The Labute approximate surface area is 77.5 Å². The van der Waals surface area contributed by atoms with Crippen LogP contribution in [0.3, 0.4) is 0 Å². The third kappa shape index (κ3) is 1.66. The van der Waals surface area contributed by atoms with Crippen LogP contribution in [0.2, 0.25) is 6.32 Å². The Morgan fingerprint density at radius 3 is 3.23 bits per heavy atom. The van der Waals surface area contributed by atoms with Gasteiger partial charge in [-0.3, -0.25) is 5.10 Å². The number of aromatic nitrogens is 2. The molecule has 1 aromatic carbocycles. The van der Waals surface area contributed by atoms with Crippen molar-refractivity contribution in [2.24, 2.45) is 0 Å². The van der Waals surface area contributed by atoms with Crippen LogP contribution in [0.1, 0.15) is 0 Å². The number of aromatic amines is 1. The average molecular weight is 174 g/mol. The number of nitrogens with zero attached hydrogens (tertiary/aromatic N) is 1. The quantitative estimate of drug-likeness (QED) is 0.704. The van der Waals surface area contributed by atoms with Crippen molar-refractivity contribution in [3.05, 3.63) is 24.4 Å². The number of H-pyrrole nitrogens is 1. The van der Waals surface area contributed by atoms with Crippen molar-refractivity contribution in [3.63, 3.8) is 0 Å². The standard InChI is InChI=1S/C9H11BN2O/c10-3-4-13-8-1-2-9-7(5-8)6-11-12-9/h1-2,5-6H,3-4,10H2,(H,11,12). The Morgan fingerprint density at radius 2 is 2.38 bits per heavy atom. The molecule has 0 saturated heterocycles. The smallest absolute Gasteiger partial charge is 0.120 e. The maximum Gasteiger partial charge on any atom is 0.120 e. The lowest BCUT2D eigenvalue weighted by atomic mass is 10.1. The molecule has 0 bridgehead atoms. The van der Waals surface area contributed by atoms with Crippen molar-refractivity contribution in [1.29, 1.82) is 0 Å². The minimum absolute atomic E-state index is 0.767. The van der Waals surface area contributed by atoms with Gasteiger partial charge in [0.05, 0.1) is 18.3 Å². The number of nitrogens with one attached hydrogen (secondary N) is 1. The van der Waals surface area contributed by atoms with Crippen LogP contribution in [-0.2, 0) is 0 Å². The Bertz CT molecular complexity index is 399. The van der Waals surface area contributed by atoms with E-state index in [1.54, 1.807) is 6.20 Å². The minimum Gasteiger partial charge on any atom is -0.494 e. The van der Waals surface area contributed by atoms with Gasteiger partial charge in [-0.1, -0.05) is 0 Å². The average Bonchev–Trinajstić information content (AvgIpc) is 2.61. The molecule has 2 rings (SSSR count). The summed E-state index contributed by atoms with van der Waals surface area (Å²) in [6.45, 7) is 0.767. The first kappa shape index (κ1) is 8.17. The van der Waals surface area contributed by atoms with Crippen molar-refractivity contribution >= 4 is 18.7 Å². The van der Waals surface area contributed by atoms with Gasteiger partial charge in [0.15, 0.2) is 0 Å². The number of hydrogen-bond acceptors (Lipinski definition) is 2. The van der Waals surface area contributed by atoms with Crippen LogP contribution in [0.25, 0.3) is 10.9 Å². The van der Waals surface area contributed by atoms with Crippen molar-refractivity contribution in [2.45, 2.75) is 6.32 Å². The Kier molecular flexibility index (Phi) is 2.21. The van der Waals surface area contributed by atoms with Gasteiger partial charge in [-0.05, 0) is 24.5 Å². The Balaban J connectivity index is 2.26. The third-order valence-corrected chi connectivity index (χ3v) is 1.88. The van der Waals surface area contributed by atoms with E-state index in [4.69, 9.17) is 4.74 Å². The molecule has 2 aromatic rings. The van der Waals surface area contributed by atoms with E-state index in [-0.39, 0.29) is 0 Å². The molecule has 13 heavy (non-hydrogen) atoms. The lowest BCUT2D eigenvalue weighted by Crippen LogP contribution is -1.95. The summed E-state index contributed by atoms with van der Waals surface area (Å²) in [5.74, 6) is 0.913. The fourth-order valence-corrected chi connectivity index (χ4v) is 1.23. The largest absolute Gasteiger partial charge is 0.494 e. The summed E-state index contributed by atoms with van der Waals surface area (Å²) in [5.41, 5.74) is 1.05. The molecule has 0 unspecified atom stereocenters. The SMILES string of the molecule is BCCOc1ccc2[nH]ncc2c1. The lowest BCUT2D eigenvalue weighted by Gasteiger charge is -2.03. The van der Waals surface area contributed by atoms with Gasteiger partial charge in [-0.15, -0.1) is 0 Å². The zero-order valence-electron chi connectivity index (χ0n) is 7.58. The fourth-order valence-electron chi connectivity index (χ4n) is 1.23. The molecule has 3 nitrogen and oxygen atoms in total. The Morgan fingerprint density at radius 1 is 1.46 bits per heavy atom. The van der Waals surface area contributed by atoms with E-state index in [1.807, 2.05) is 18.2 Å². The second-order valence-electron chi connectivity index (χ2n) is 2.97. The summed E-state index contributed by atoms with van der Waals surface area (Å²) >= 11 is 0. The third-order valence-electron chi connectivity index (χ3n) is 1.88. The van der Waals surface area contributed by atoms with Gasteiger partial charge in [0.2, 0.25) is 0 Å². The highest BCUT2D eigenvalue weighted by atomic mass is 16.5. The highest BCUT2D eigenvalue weighted by molar-refractivity contribution is 6.08. The van der Waals surface area contributed by atoms with Crippen molar-refractivity contribution in [1.82, 2.24) is 10.2 Å². The minimum atomic E-state index is 0.767. The van der Waals surface area contributed by atoms with E-state index in [0.717, 1.165) is 29.6 Å². The van der Waals surface area contributed by atoms with Gasteiger partial charge in [-0.2, -0.15) is 5.10 Å². The number of ether oxygens (including phenoxy) is 1. The molecule has 1 aromatic heterocycles. The van der Waals surface area contributed by atoms with Crippen LogP contribution in [0.5, 0.6) is 5.75 Å². The first-order chi connectivity index (χ1) is 6.40. The summed E-state index contributed by atoms with van der Waals surface area (Å²) in [6, 6.07) is 5.93. The maximum absolute atomic E-state index is 5.49. The lowest BCUT2D eigenvalue weighted by molar-refractivity contribution is 0.341. The molecular weight excluding hydrogens is 163 g/mol. The summed E-state index contributed by atoms with van der Waals surface area (Å²) in [4.78, 5) is 0. The van der Waals surface area contributed by atoms with Gasteiger partial charge >= 0.3 is 0 Å². The molecular formula is C9H11BN2O. The summed E-state index contributed by atoms with van der Waals surface area (Å²) in [7, 11) is 2.09. The molecule has 66 valence electrons. The van der Waals surface area contributed by atoms with Crippen molar-refractivity contribution in [2.75, 3.05) is 6.61 Å². The van der Waals surface area contributed by atoms with Crippen LogP contribution in [0, 0.1) is 0 Å². The molecule has 0 aliphatic heterocycles. The first-order valence-corrected chi connectivity index (χ1v) is 4.46. The number of fused-ring (bicyclic) bond motifs is 1. The van der Waals surface area contributed by atoms with Crippen LogP contribution in [0.4, 0.5) is 0 Å². The van der Waals surface area contributed by atoms with E-state index < -0.39 is 0 Å². The summed E-state index contributed by atoms with van der Waals surface area (Å²) in [6.07, 6.45) is 2.83. The van der Waals surface area contributed by atoms with E-state index in [0.29, 0.717) is 0 Å². The van der Waals surface area contributed by atoms with Gasteiger partial charge in [0.1, 0.15) is 13.6 Å². The monoisotopic (exact) mass is 174 g/mol. The predicted octanol–water partition coefficient (Wildman–Crippen LogP) is 0.993. The number of benzene rings is 1. The molecule has 1 N–H and O–H groups in total. The zero-order chi connectivity index (χ0) is 9.10. The van der Waals surface area contributed by atoms with Crippen molar-refractivity contribution < 1.29 is 4.74 Å². The van der Waals surface area contributed by atoms with Crippen LogP contribution >= 0.6 is 0 Å². The fraction of sp³-hybridized carbons (Fsp3) is 0.222. The highest BCUT2D eigenvalue weighted by Gasteiger charge is 1.97. The molecule has 0 saturated carbocycles. The molecule has 0 radical (unpaired) electrons. The first-order valence-electron chi connectivity index (χ1n) is 4.46. The van der Waals surface area contributed by atoms with E-state index in [9.17, 15) is 0 Å². The molecule has 0 aliphatic carbocycles. The molecule has 0 amide bonds. The molecule has 1 heterocycles. The van der Waals surface area contributed by atoms with Gasteiger partial charge in [-0.25, -0.2) is 0 Å². The van der Waals surface area contributed by atoms with Gasteiger partial charge in [0.25, 0.3) is 0 Å². The second-order valence-corrected chi connectivity index (χ2v) is 2.97.